The number of ether oxygens (including phenoxy) is 1. The Morgan fingerprint density at radius 2 is 1.66 bits per heavy atom. The Bertz CT molecular complexity index is 525. The zero-order valence-corrected chi connectivity index (χ0v) is 20.7. The van der Waals surface area contributed by atoms with Crippen molar-refractivity contribution in [3.05, 3.63) is 0 Å². The predicted molar refractivity (Wildman–Crippen MR) is 128 cm³/mol. The quantitative estimate of drug-likeness (QED) is 0.329. The number of piperazine rings is 1. The van der Waals surface area contributed by atoms with Crippen LogP contribution in [0.4, 0.5) is 0 Å². The van der Waals surface area contributed by atoms with Gasteiger partial charge in [-0.25, -0.2) is 0 Å². The molecular formula is C21H40IN5O2. The molecule has 2 saturated heterocycles. The lowest BCUT2D eigenvalue weighted by Crippen LogP contribution is -2.55. The second kappa shape index (κ2) is 12.3. The van der Waals surface area contributed by atoms with E-state index in [2.05, 4.69) is 29.0 Å². The minimum absolute atomic E-state index is 0. The van der Waals surface area contributed by atoms with Crippen molar-refractivity contribution in [2.24, 2.45) is 10.4 Å². The van der Waals surface area contributed by atoms with Crippen molar-refractivity contribution >= 4 is 35.8 Å². The van der Waals surface area contributed by atoms with Gasteiger partial charge < -0.3 is 19.9 Å². The summed E-state index contributed by atoms with van der Waals surface area (Å²) >= 11 is 0. The van der Waals surface area contributed by atoms with Gasteiger partial charge in [0.25, 0.3) is 0 Å². The smallest absolute Gasteiger partial charge is 0.236 e. The lowest BCUT2D eigenvalue weighted by Gasteiger charge is -2.37. The zero-order valence-electron chi connectivity index (χ0n) is 18.3. The highest BCUT2D eigenvalue weighted by Crippen LogP contribution is 2.41. The monoisotopic (exact) mass is 521 g/mol. The maximum absolute atomic E-state index is 12.5. The average Bonchev–Trinajstić information content (AvgIpc) is 3.22. The molecule has 2 heterocycles. The van der Waals surface area contributed by atoms with Crippen molar-refractivity contribution < 1.29 is 9.53 Å². The Balaban J connectivity index is 0.00000300. The number of halogens is 1. The van der Waals surface area contributed by atoms with E-state index in [1.165, 1.54) is 32.1 Å². The molecule has 0 aromatic carbocycles. The van der Waals surface area contributed by atoms with Gasteiger partial charge in [-0.3, -0.25) is 14.7 Å². The molecule has 0 atom stereocenters. The van der Waals surface area contributed by atoms with E-state index in [0.717, 1.165) is 58.3 Å². The van der Waals surface area contributed by atoms with Gasteiger partial charge in [-0.2, -0.15) is 0 Å². The molecule has 0 spiro atoms. The van der Waals surface area contributed by atoms with Crippen LogP contribution in [-0.2, 0) is 9.53 Å². The van der Waals surface area contributed by atoms with Gasteiger partial charge in [0, 0.05) is 52.4 Å². The summed E-state index contributed by atoms with van der Waals surface area (Å²) in [6.07, 6.45) is 6.59. The molecule has 8 heteroatoms. The second-order valence-electron chi connectivity index (χ2n) is 8.49. The third-order valence-electron chi connectivity index (χ3n) is 6.71. The summed E-state index contributed by atoms with van der Waals surface area (Å²) < 4.78 is 5.34. The van der Waals surface area contributed by atoms with Gasteiger partial charge in [0.2, 0.25) is 5.91 Å². The number of rotatable bonds is 6. The average molecular weight is 521 g/mol. The number of hydrogen-bond donors (Lipinski definition) is 1. The highest BCUT2D eigenvalue weighted by Gasteiger charge is 2.32. The Kier molecular flexibility index (Phi) is 10.5. The maximum Gasteiger partial charge on any atom is 0.236 e. The molecule has 3 aliphatic rings. The third kappa shape index (κ3) is 6.95. The first-order chi connectivity index (χ1) is 13.7. The first-order valence-corrected chi connectivity index (χ1v) is 11.3. The van der Waals surface area contributed by atoms with Gasteiger partial charge >= 0.3 is 0 Å². The topological polar surface area (TPSA) is 60.4 Å². The minimum Gasteiger partial charge on any atom is -0.378 e. The van der Waals surface area contributed by atoms with Crippen molar-refractivity contribution in [3.63, 3.8) is 0 Å². The van der Waals surface area contributed by atoms with Crippen LogP contribution in [0.5, 0.6) is 0 Å². The fraction of sp³-hybridized carbons (Fsp3) is 0.905. The molecule has 1 amide bonds. The number of morpholine rings is 1. The van der Waals surface area contributed by atoms with Crippen molar-refractivity contribution in [1.82, 2.24) is 20.0 Å². The van der Waals surface area contributed by atoms with E-state index in [0.29, 0.717) is 25.2 Å². The predicted octanol–water partition coefficient (Wildman–Crippen LogP) is 2.02. The summed E-state index contributed by atoms with van der Waals surface area (Å²) in [6, 6.07) is 0. The molecule has 1 N–H and O–H groups in total. The van der Waals surface area contributed by atoms with Crippen LogP contribution in [0.2, 0.25) is 0 Å². The summed E-state index contributed by atoms with van der Waals surface area (Å²) in [4.78, 5) is 24.1. The molecule has 0 bridgehead atoms. The molecule has 0 unspecified atom stereocenters. The van der Waals surface area contributed by atoms with E-state index in [1.54, 1.807) is 0 Å². The molecule has 2 aliphatic heterocycles. The lowest BCUT2D eigenvalue weighted by molar-refractivity contribution is -0.136. The minimum atomic E-state index is 0. The third-order valence-corrected chi connectivity index (χ3v) is 6.71. The molecule has 168 valence electrons. The molecule has 1 saturated carbocycles. The fourth-order valence-electron chi connectivity index (χ4n) is 4.64. The fourth-order valence-corrected chi connectivity index (χ4v) is 4.64. The second-order valence-corrected chi connectivity index (χ2v) is 8.49. The highest BCUT2D eigenvalue weighted by atomic mass is 127. The van der Waals surface area contributed by atoms with Crippen LogP contribution in [-0.4, -0.2) is 98.7 Å². The van der Waals surface area contributed by atoms with Gasteiger partial charge in [-0.05, 0) is 31.6 Å². The number of amides is 1. The van der Waals surface area contributed by atoms with Gasteiger partial charge in [-0.15, -0.1) is 24.0 Å². The number of nitrogens with zero attached hydrogens (tertiary/aromatic N) is 4. The first-order valence-electron chi connectivity index (χ1n) is 11.3. The number of carbonyl (C=O) groups excluding carboxylic acids is 1. The van der Waals surface area contributed by atoms with Crippen LogP contribution in [0.3, 0.4) is 0 Å². The van der Waals surface area contributed by atoms with Crippen molar-refractivity contribution in [1.29, 1.82) is 0 Å². The van der Waals surface area contributed by atoms with E-state index in [9.17, 15) is 4.79 Å². The van der Waals surface area contributed by atoms with Gasteiger partial charge in [-0.1, -0.05) is 19.8 Å². The Morgan fingerprint density at radius 3 is 2.24 bits per heavy atom. The summed E-state index contributed by atoms with van der Waals surface area (Å²) in [5.41, 5.74) is 0.424. The molecule has 7 nitrogen and oxygen atoms in total. The summed E-state index contributed by atoms with van der Waals surface area (Å²) in [6.45, 7) is 13.3. The molecule has 3 fully saturated rings. The molecular weight excluding hydrogens is 481 g/mol. The molecule has 0 radical (unpaired) electrons. The van der Waals surface area contributed by atoms with Gasteiger partial charge in [0.1, 0.15) is 0 Å². The standard InChI is InChI=1S/C21H39N5O2.HI/c1-3-21(7-5-6-8-21)18-23-20(22-4-2)26-11-9-24(10-12-26)17-19(27)25-13-15-28-16-14-25;/h3-18H2,1-2H3,(H,22,23);1H. The molecule has 1 aliphatic carbocycles. The van der Waals surface area contributed by atoms with Crippen molar-refractivity contribution in [3.8, 4) is 0 Å². The van der Waals surface area contributed by atoms with Crippen LogP contribution in [0.25, 0.3) is 0 Å². The molecule has 29 heavy (non-hydrogen) atoms. The van der Waals surface area contributed by atoms with Crippen LogP contribution in [0, 0.1) is 5.41 Å². The van der Waals surface area contributed by atoms with Gasteiger partial charge in [0.05, 0.1) is 19.8 Å². The largest absolute Gasteiger partial charge is 0.378 e. The van der Waals surface area contributed by atoms with Crippen LogP contribution in [0.15, 0.2) is 4.99 Å². The van der Waals surface area contributed by atoms with Crippen LogP contribution < -0.4 is 5.32 Å². The number of carbonyl (C=O) groups is 1. The van der Waals surface area contributed by atoms with E-state index < -0.39 is 0 Å². The maximum atomic E-state index is 12.5. The lowest BCUT2D eigenvalue weighted by atomic mass is 9.83. The first kappa shape index (κ1) is 24.7. The summed E-state index contributed by atoms with van der Waals surface area (Å²) in [5.74, 6) is 1.30. The van der Waals surface area contributed by atoms with Crippen molar-refractivity contribution in [2.45, 2.75) is 46.0 Å². The number of guanidine groups is 1. The van der Waals surface area contributed by atoms with E-state index in [-0.39, 0.29) is 29.9 Å². The zero-order chi connectivity index (χ0) is 19.8. The Morgan fingerprint density at radius 1 is 1.00 bits per heavy atom. The molecule has 0 aromatic rings. The number of aliphatic imine (C=N–C) groups is 1. The number of hydrogen-bond acceptors (Lipinski definition) is 4. The summed E-state index contributed by atoms with van der Waals surface area (Å²) in [7, 11) is 0. The Labute approximate surface area is 193 Å². The van der Waals surface area contributed by atoms with Crippen LogP contribution in [0.1, 0.15) is 46.0 Å². The summed E-state index contributed by atoms with van der Waals surface area (Å²) in [5, 5.41) is 3.49. The normalized spacial score (nSPS) is 23.0. The van der Waals surface area contributed by atoms with Gasteiger partial charge in [0.15, 0.2) is 5.96 Å². The van der Waals surface area contributed by atoms with E-state index >= 15 is 0 Å². The highest BCUT2D eigenvalue weighted by molar-refractivity contribution is 14.0. The van der Waals surface area contributed by atoms with Crippen LogP contribution >= 0.6 is 24.0 Å². The number of nitrogens with one attached hydrogen (secondary N) is 1. The molecule has 3 rings (SSSR count). The SMILES string of the molecule is CCNC(=NCC1(CC)CCCC1)N1CCN(CC(=O)N2CCOCC2)CC1.I. The van der Waals surface area contributed by atoms with E-state index in [1.807, 2.05) is 4.90 Å². The Hall–Kier alpha value is -0.610. The van der Waals surface area contributed by atoms with Crippen molar-refractivity contribution in [2.75, 3.05) is 72.1 Å². The van der Waals surface area contributed by atoms with E-state index in [4.69, 9.17) is 9.73 Å². The molecule has 0 aromatic heterocycles.